The number of nitrogens with one attached hydrogen (secondary N) is 1. The number of amides is 1. The Bertz CT molecular complexity index is 574. The monoisotopic (exact) mass is 342 g/mol. The van der Waals surface area contributed by atoms with Gasteiger partial charge >= 0.3 is 5.97 Å². The van der Waals surface area contributed by atoms with Crippen molar-refractivity contribution in [3.8, 4) is 0 Å². The molecular weight excluding hydrogens is 323 g/mol. The average Bonchev–Trinajstić information content (AvgIpc) is 2.51. The fourth-order valence-corrected chi connectivity index (χ4v) is 2.87. The quantitative estimate of drug-likeness (QED) is 0.833. The Labute approximate surface area is 139 Å². The number of anilines is 1. The zero-order valence-corrected chi connectivity index (χ0v) is 13.5. The van der Waals surface area contributed by atoms with Gasteiger partial charge in [-0.2, -0.15) is 0 Å². The molecular formula is C16H20ClFN2O3. The van der Waals surface area contributed by atoms with Crippen molar-refractivity contribution in [2.24, 2.45) is 5.92 Å². The van der Waals surface area contributed by atoms with Crippen LogP contribution in [0, 0.1) is 11.7 Å². The van der Waals surface area contributed by atoms with Gasteiger partial charge in [0.2, 0.25) is 5.91 Å². The van der Waals surface area contributed by atoms with E-state index in [0.29, 0.717) is 12.1 Å². The van der Waals surface area contributed by atoms with E-state index >= 15 is 0 Å². The summed E-state index contributed by atoms with van der Waals surface area (Å²) in [6.45, 7) is 2.30. The van der Waals surface area contributed by atoms with Crippen molar-refractivity contribution in [2.75, 3.05) is 25.0 Å². The van der Waals surface area contributed by atoms with Crippen molar-refractivity contribution >= 4 is 29.2 Å². The molecule has 1 saturated heterocycles. The molecule has 0 atom stereocenters. The van der Waals surface area contributed by atoms with Crippen molar-refractivity contribution in [3.05, 3.63) is 29.0 Å². The standard InChI is InChI=1S/C16H20ClFN2O3/c17-13-10-12(3-4-14(13)18)19-16(23)11-5-8-20(9-6-11)7-1-2-15(21)22/h3-4,10-11H,1-2,5-9H2,(H,19,23)(H,21,22). The van der Waals surface area contributed by atoms with Crippen molar-refractivity contribution in [1.82, 2.24) is 4.90 Å². The topological polar surface area (TPSA) is 69.6 Å². The van der Waals surface area contributed by atoms with Crippen molar-refractivity contribution in [2.45, 2.75) is 25.7 Å². The number of likely N-dealkylation sites (tertiary alicyclic amines) is 1. The number of piperidine rings is 1. The normalized spacial score (nSPS) is 16.3. The van der Waals surface area contributed by atoms with Gasteiger partial charge in [-0.15, -0.1) is 0 Å². The minimum atomic E-state index is -0.780. The maximum Gasteiger partial charge on any atom is 0.303 e. The largest absolute Gasteiger partial charge is 0.481 e. The number of carboxylic acids is 1. The molecule has 0 aliphatic carbocycles. The third-order valence-electron chi connectivity index (χ3n) is 4.01. The molecule has 1 heterocycles. The molecule has 23 heavy (non-hydrogen) atoms. The number of hydrogen-bond donors (Lipinski definition) is 2. The summed E-state index contributed by atoms with van der Waals surface area (Å²) >= 11 is 5.70. The predicted molar refractivity (Wildman–Crippen MR) is 86.1 cm³/mol. The first-order chi connectivity index (χ1) is 11.0. The second-order valence-electron chi connectivity index (χ2n) is 5.73. The Kier molecular flexibility index (Phi) is 6.36. The van der Waals surface area contributed by atoms with Gasteiger partial charge < -0.3 is 15.3 Å². The lowest BCUT2D eigenvalue weighted by atomic mass is 9.95. The van der Waals surface area contributed by atoms with Gasteiger partial charge in [-0.1, -0.05) is 11.6 Å². The first kappa shape index (κ1) is 17.7. The Balaban J connectivity index is 1.77. The Morgan fingerprint density at radius 1 is 1.35 bits per heavy atom. The predicted octanol–water partition coefficient (Wildman–Crippen LogP) is 2.99. The van der Waals surface area contributed by atoms with Crippen LogP contribution >= 0.6 is 11.6 Å². The van der Waals surface area contributed by atoms with Crippen LogP contribution in [0.3, 0.4) is 0 Å². The molecule has 5 nitrogen and oxygen atoms in total. The minimum absolute atomic E-state index is 0.0175. The van der Waals surface area contributed by atoms with E-state index in [1.165, 1.54) is 18.2 Å². The second-order valence-corrected chi connectivity index (χ2v) is 6.14. The van der Waals surface area contributed by atoms with Crippen LogP contribution in [-0.4, -0.2) is 41.5 Å². The van der Waals surface area contributed by atoms with E-state index in [2.05, 4.69) is 10.2 Å². The van der Waals surface area contributed by atoms with Crippen LogP contribution in [0.2, 0.25) is 5.02 Å². The van der Waals surface area contributed by atoms with Gasteiger partial charge in [-0.05, 0) is 57.1 Å². The molecule has 0 spiro atoms. The molecule has 126 valence electrons. The molecule has 0 bridgehead atoms. The van der Waals surface area contributed by atoms with Gasteiger partial charge in [0.25, 0.3) is 0 Å². The van der Waals surface area contributed by atoms with Gasteiger partial charge in [0.1, 0.15) is 5.82 Å². The Morgan fingerprint density at radius 2 is 2.04 bits per heavy atom. The second kappa shape index (κ2) is 8.26. The molecule has 1 aromatic rings. The summed E-state index contributed by atoms with van der Waals surface area (Å²) in [5.74, 6) is -1.47. The lowest BCUT2D eigenvalue weighted by molar-refractivity contribution is -0.137. The van der Waals surface area contributed by atoms with Gasteiger partial charge in [0, 0.05) is 18.0 Å². The molecule has 0 radical (unpaired) electrons. The molecule has 2 rings (SSSR count). The number of halogens is 2. The highest BCUT2D eigenvalue weighted by Gasteiger charge is 2.25. The van der Waals surface area contributed by atoms with Crippen LogP contribution < -0.4 is 5.32 Å². The highest BCUT2D eigenvalue weighted by molar-refractivity contribution is 6.31. The molecule has 1 fully saturated rings. The van der Waals surface area contributed by atoms with Crippen LogP contribution in [0.15, 0.2) is 18.2 Å². The smallest absolute Gasteiger partial charge is 0.303 e. The summed E-state index contributed by atoms with van der Waals surface area (Å²) in [6.07, 6.45) is 2.26. The van der Waals surface area contributed by atoms with E-state index in [9.17, 15) is 14.0 Å². The van der Waals surface area contributed by atoms with Gasteiger partial charge in [-0.25, -0.2) is 4.39 Å². The van der Waals surface area contributed by atoms with E-state index in [1.54, 1.807) is 0 Å². The zero-order valence-electron chi connectivity index (χ0n) is 12.7. The number of carbonyl (C=O) groups is 2. The number of aliphatic carboxylic acids is 1. The van der Waals surface area contributed by atoms with Crippen LogP contribution in [0.25, 0.3) is 0 Å². The number of hydrogen-bond acceptors (Lipinski definition) is 3. The van der Waals surface area contributed by atoms with Gasteiger partial charge in [0.15, 0.2) is 0 Å². The number of nitrogens with zero attached hydrogens (tertiary/aromatic N) is 1. The van der Waals surface area contributed by atoms with E-state index in [-0.39, 0.29) is 23.3 Å². The number of rotatable bonds is 6. The molecule has 2 N–H and O–H groups in total. The van der Waals surface area contributed by atoms with Crippen molar-refractivity contribution in [3.63, 3.8) is 0 Å². The summed E-state index contributed by atoms with van der Waals surface area (Å²) in [6, 6.07) is 4.11. The third kappa shape index (κ3) is 5.48. The van der Waals surface area contributed by atoms with E-state index < -0.39 is 11.8 Å². The summed E-state index contributed by atoms with van der Waals surface area (Å²) in [5.41, 5.74) is 0.491. The molecule has 0 unspecified atom stereocenters. The Hall–Kier alpha value is -1.66. The first-order valence-corrected chi connectivity index (χ1v) is 8.03. The van der Waals surface area contributed by atoms with Crippen molar-refractivity contribution < 1.29 is 19.1 Å². The maximum atomic E-state index is 13.1. The number of benzene rings is 1. The summed E-state index contributed by atoms with van der Waals surface area (Å²) in [5, 5.41) is 11.4. The van der Waals surface area contributed by atoms with Crippen LogP contribution in [0.4, 0.5) is 10.1 Å². The molecule has 1 aliphatic rings. The highest BCUT2D eigenvalue weighted by Crippen LogP contribution is 2.22. The van der Waals surface area contributed by atoms with Gasteiger partial charge in [0.05, 0.1) is 5.02 Å². The molecule has 7 heteroatoms. The lowest BCUT2D eigenvalue weighted by Gasteiger charge is -2.31. The number of carboxylic acid groups (broad SMARTS) is 1. The van der Waals surface area contributed by atoms with E-state index in [1.807, 2.05) is 0 Å². The maximum absolute atomic E-state index is 13.1. The fourth-order valence-electron chi connectivity index (χ4n) is 2.69. The summed E-state index contributed by atoms with van der Waals surface area (Å²) < 4.78 is 13.1. The fraction of sp³-hybridized carbons (Fsp3) is 0.500. The van der Waals surface area contributed by atoms with Crippen molar-refractivity contribution in [1.29, 1.82) is 0 Å². The highest BCUT2D eigenvalue weighted by atomic mass is 35.5. The molecule has 1 aromatic carbocycles. The molecule has 0 aromatic heterocycles. The summed E-state index contributed by atoms with van der Waals surface area (Å²) in [7, 11) is 0. The van der Waals surface area contributed by atoms with Crippen LogP contribution in [0.5, 0.6) is 0 Å². The summed E-state index contributed by atoms with van der Waals surface area (Å²) in [4.78, 5) is 24.9. The molecule has 1 amide bonds. The SMILES string of the molecule is O=C(O)CCCN1CCC(C(=O)Nc2ccc(F)c(Cl)c2)CC1. The minimum Gasteiger partial charge on any atom is -0.481 e. The van der Waals surface area contributed by atoms with Gasteiger partial charge in [-0.3, -0.25) is 9.59 Å². The first-order valence-electron chi connectivity index (χ1n) is 7.66. The Morgan fingerprint density at radius 3 is 2.65 bits per heavy atom. The molecule has 1 aliphatic heterocycles. The lowest BCUT2D eigenvalue weighted by Crippen LogP contribution is -2.38. The van der Waals surface area contributed by atoms with E-state index in [4.69, 9.17) is 16.7 Å². The zero-order chi connectivity index (χ0) is 16.8. The molecule has 0 saturated carbocycles. The average molecular weight is 343 g/mol. The van der Waals surface area contributed by atoms with Crippen LogP contribution in [0.1, 0.15) is 25.7 Å². The number of carbonyl (C=O) groups excluding carboxylic acids is 1. The van der Waals surface area contributed by atoms with Crippen LogP contribution in [-0.2, 0) is 9.59 Å². The van der Waals surface area contributed by atoms with E-state index in [0.717, 1.165) is 32.5 Å². The third-order valence-corrected chi connectivity index (χ3v) is 4.30.